The Labute approximate surface area is 152 Å². The lowest BCUT2D eigenvalue weighted by Crippen LogP contribution is -2.38. The third kappa shape index (κ3) is 5.05. The lowest BCUT2D eigenvalue weighted by molar-refractivity contribution is -0.128. The van der Waals surface area contributed by atoms with Crippen molar-refractivity contribution >= 4 is 11.9 Å². The van der Waals surface area contributed by atoms with Gasteiger partial charge in [0, 0.05) is 38.5 Å². The summed E-state index contributed by atoms with van der Waals surface area (Å²) in [5, 5.41) is 5.54. The van der Waals surface area contributed by atoms with Gasteiger partial charge in [-0.1, -0.05) is 42.5 Å². The van der Waals surface area contributed by atoms with E-state index in [9.17, 15) is 14.0 Å². The molecule has 0 saturated carbocycles. The fourth-order valence-corrected chi connectivity index (χ4v) is 3.03. The maximum atomic E-state index is 12.8. The minimum absolute atomic E-state index is 0.114. The molecule has 0 aliphatic carbocycles. The summed E-state index contributed by atoms with van der Waals surface area (Å²) < 4.78 is 12.8. The van der Waals surface area contributed by atoms with Gasteiger partial charge >= 0.3 is 6.03 Å². The average Bonchev–Trinajstić information content (AvgIpc) is 3.00. The molecule has 0 unspecified atom stereocenters. The van der Waals surface area contributed by atoms with Crippen molar-refractivity contribution in [2.45, 2.75) is 19.5 Å². The van der Waals surface area contributed by atoms with Crippen molar-refractivity contribution in [1.29, 1.82) is 0 Å². The number of carbonyl (C=O) groups excluding carboxylic acids is 2. The van der Waals surface area contributed by atoms with Crippen molar-refractivity contribution in [3.8, 4) is 0 Å². The number of carbonyl (C=O) groups is 2. The molecule has 5 nitrogen and oxygen atoms in total. The maximum Gasteiger partial charge on any atom is 0.315 e. The van der Waals surface area contributed by atoms with Crippen molar-refractivity contribution in [3.05, 3.63) is 71.5 Å². The molecule has 1 aliphatic heterocycles. The number of urea groups is 1. The van der Waals surface area contributed by atoms with Crippen molar-refractivity contribution in [2.75, 3.05) is 13.1 Å². The van der Waals surface area contributed by atoms with Gasteiger partial charge in [-0.25, -0.2) is 9.18 Å². The lowest BCUT2D eigenvalue weighted by atomic mass is 10.1. The molecule has 6 heteroatoms. The van der Waals surface area contributed by atoms with Gasteiger partial charge < -0.3 is 15.5 Å². The minimum atomic E-state index is -0.302. The fourth-order valence-electron chi connectivity index (χ4n) is 3.03. The Morgan fingerprint density at radius 1 is 1.04 bits per heavy atom. The monoisotopic (exact) mass is 355 g/mol. The zero-order valence-corrected chi connectivity index (χ0v) is 14.5. The first-order valence-corrected chi connectivity index (χ1v) is 8.68. The molecule has 0 aromatic heterocycles. The molecular weight excluding hydrogens is 333 g/mol. The summed E-state index contributed by atoms with van der Waals surface area (Å²) in [6.07, 6.45) is 0.449. The molecule has 2 aromatic rings. The summed E-state index contributed by atoms with van der Waals surface area (Å²) in [5.41, 5.74) is 1.93. The van der Waals surface area contributed by atoms with E-state index in [1.807, 2.05) is 35.2 Å². The first kappa shape index (κ1) is 17.9. The molecule has 0 spiro atoms. The van der Waals surface area contributed by atoms with E-state index < -0.39 is 0 Å². The van der Waals surface area contributed by atoms with Gasteiger partial charge in [-0.3, -0.25) is 4.79 Å². The zero-order chi connectivity index (χ0) is 18.4. The van der Waals surface area contributed by atoms with Crippen LogP contribution in [0.3, 0.4) is 0 Å². The number of benzene rings is 2. The van der Waals surface area contributed by atoms with Crippen LogP contribution in [0.25, 0.3) is 0 Å². The Kier molecular flexibility index (Phi) is 5.84. The number of nitrogens with zero attached hydrogens (tertiary/aromatic N) is 1. The Balaban J connectivity index is 1.40. The quantitative estimate of drug-likeness (QED) is 0.837. The molecule has 1 fully saturated rings. The van der Waals surface area contributed by atoms with Crippen LogP contribution >= 0.6 is 0 Å². The number of hydrogen-bond acceptors (Lipinski definition) is 2. The topological polar surface area (TPSA) is 61.4 Å². The second kappa shape index (κ2) is 8.47. The van der Waals surface area contributed by atoms with E-state index in [0.717, 1.165) is 11.1 Å². The standard InChI is InChI=1S/C20H22FN3O2/c21-18-8-6-15(7-9-18)11-22-20(26)23-12-17-10-19(25)24(14-17)13-16-4-2-1-3-5-16/h1-9,17H,10-14H2,(H2,22,23,26)/t17-/m0/s1. The molecule has 136 valence electrons. The summed E-state index contributed by atoms with van der Waals surface area (Å²) in [5.74, 6) is -0.0701. The van der Waals surface area contributed by atoms with E-state index in [1.165, 1.54) is 12.1 Å². The summed E-state index contributed by atoms with van der Waals surface area (Å²) >= 11 is 0. The first-order valence-electron chi connectivity index (χ1n) is 8.68. The van der Waals surface area contributed by atoms with Crippen LogP contribution in [0.4, 0.5) is 9.18 Å². The largest absolute Gasteiger partial charge is 0.338 e. The molecular formula is C20H22FN3O2. The van der Waals surface area contributed by atoms with E-state index in [0.29, 0.717) is 32.6 Å². The molecule has 0 bridgehead atoms. The van der Waals surface area contributed by atoms with Crippen molar-refractivity contribution in [3.63, 3.8) is 0 Å². The van der Waals surface area contributed by atoms with E-state index >= 15 is 0 Å². The third-order valence-electron chi connectivity index (χ3n) is 4.43. The van der Waals surface area contributed by atoms with Crippen LogP contribution in [0.5, 0.6) is 0 Å². The van der Waals surface area contributed by atoms with Gasteiger partial charge in [-0.15, -0.1) is 0 Å². The number of likely N-dealkylation sites (tertiary alicyclic amines) is 1. The van der Waals surface area contributed by atoms with E-state index in [2.05, 4.69) is 10.6 Å². The number of nitrogens with one attached hydrogen (secondary N) is 2. The molecule has 1 saturated heterocycles. The van der Waals surface area contributed by atoms with Gasteiger partial charge in [0.15, 0.2) is 0 Å². The Morgan fingerprint density at radius 2 is 1.77 bits per heavy atom. The number of rotatable bonds is 6. The average molecular weight is 355 g/mol. The van der Waals surface area contributed by atoms with E-state index in [1.54, 1.807) is 12.1 Å². The van der Waals surface area contributed by atoms with Crippen molar-refractivity contribution in [2.24, 2.45) is 5.92 Å². The molecule has 1 heterocycles. The van der Waals surface area contributed by atoms with Gasteiger partial charge in [0.05, 0.1) is 0 Å². The molecule has 3 amide bonds. The minimum Gasteiger partial charge on any atom is -0.338 e. The Morgan fingerprint density at radius 3 is 2.50 bits per heavy atom. The van der Waals surface area contributed by atoms with Crippen LogP contribution in [0.15, 0.2) is 54.6 Å². The summed E-state index contributed by atoms with van der Waals surface area (Å²) in [6.45, 7) is 2.03. The van der Waals surface area contributed by atoms with E-state index in [-0.39, 0.29) is 23.7 Å². The molecule has 1 atom stereocenters. The number of amides is 3. The predicted octanol–water partition coefficient (Wildman–Crippen LogP) is 2.67. The van der Waals surface area contributed by atoms with E-state index in [4.69, 9.17) is 0 Å². The molecule has 2 N–H and O–H groups in total. The summed E-state index contributed by atoms with van der Waals surface area (Å²) in [6, 6.07) is 15.6. The highest BCUT2D eigenvalue weighted by molar-refractivity contribution is 5.79. The van der Waals surface area contributed by atoms with Gasteiger partial charge in [0.1, 0.15) is 5.82 Å². The Hall–Kier alpha value is -2.89. The maximum absolute atomic E-state index is 12.8. The van der Waals surface area contributed by atoms with Crippen molar-refractivity contribution in [1.82, 2.24) is 15.5 Å². The second-order valence-electron chi connectivity index (χ2n) is 6.52. The molecule has 3 rings (SSSR count). The van der Waals surface area contributed by atoms with Gasteiger partial charge in [-0.2, -0.15) is 0 Å². The highest BCUT2D eigenvalue weighted by Gasteiger charge is 2.29. The second-order valence-corrected chi connectivity index (χ2v) is 6.52. The van der Waals surface area contributed by atoms with Gasteiger partial charge in [0.25, 0.3) is 0 Å². The van der Waals surface area contributed by atoms with Crippen LogP contribution in [-0.2, 0) is 17.9 Å². The number of hydrogen-bond donors (Lipinski definition) is 2. The highest BCUT2D eigenvalue weighted by Crippen LogP contribution is 2.19. The lowest BCUT2D eigenvalue weighted by Gasteiger charge is -2.17. The summed E-state index contributed by atoms with van der Waals surface area (Å²) in [7, 11) is 0. The Bertz CT molecular complexity index is 749. The summed E-state index contributed by atoms with van der Waals surface area (Å²) in [4.78, 5) is 25.9. The normalized spacial score (nSPS) is 16.6. The van der Waals surface area contributed by atoms with Gasteiger partial charge in [0.2, 0.25) is 5.91 Å². The fraction of sp³-hybridized carbons (Fsp3) is 0.300. The first-order chi connectivity index (χ1) is 12.6. The van der Waals surface area contributed by atoms with Crippen LogP contribution < -0.4 is 10.6 Å². The predicted molar refractivity (Wildman–Crippen MR) is 96.6 cm³/mol. The SMILES string of the molecule is O=C(NCc1ccc(F)cc1)NC[C@@H]1CC(=O)N(Cc2ccccc2)C1. The zero-order valence-electron chi connectivity index (χ0n) is 14.5. The van der Waals surface area contributed by atoms with Crippen LogP contribution in [0.1, 0.15) is 17.5 Å². The molecule has 0 radical (unpaired) electrons. The van der Waals surface area contributed by atoms with Gasteiger partial charge in [-0.05, 0) is 23.3 Å². The molecule has 2 aromatic carbocycles. The third-order valence-corrected chi connectivity index (χ3v) is 4.43. The smallest absolute Gasteiger partial charge is 0.315 e. The highest BCUT2D eigenvalue weighted by atomic mass is 19.1. The molecule has 1 aliphatic rings. The van der Waals surface area contributed by atoms with Crippen molar-refractivity contribution < 1.29 is 14.0 Å². The van der Waals surface area contributed by atoms with Crippen LogP contribution in [0.2, 0.25) is 0 Å². The van der Waals surface area contributed by atoms with Crippen LogP contribution in [0, 0.1) is 11.7 Å². The van der Waals surface area contributed by atoms with Crippen LogP contribution in [-0.4, -0.2) is 29.9 Å². The number of halogens is 1. The molecule has 26 heavy (non-hydrogen) atoms.